The predicted molar refractivity (Wildman–Crippen MR) is 80.0 cm³/mol. The van der Waals surface area contributed by atoms with Crippen molar-refractivity contribution in [1.29, 1.82) is 0 Å². The lowest BCUT2D eigenvalue weighted by Gasteiger charge is -2.16. The molecular formula is C14H18N4OS. The molecule has 3 rings (SSSR count). The second-order valence-electron chi connectivity index (χ2n) is 5.36. The molecule has 0 saturated carbocycles. The van der Waals surface area contributed by atoms with Crippen LogP contribution in [0.3, 0.4) is 0 Å². The number of hydrogen-bond acceptors (Lipinski definition) is 4. The number of hydrogen-bond donors (Lipinski definition) is 2. The number of thioether (sulfide) groups is 1. The van der Waals surface area contributed by atoms with Crippen LogP contribution in [0.15, 0.2) is 34.2 Å². The number of H-pyrrole nitrogens is 1. The monoisotopic (exact) mass is 290 g/mol. The third-order valence-corrected chi connectivity index (χ3v) is 4.94. The van der Waals surface area contributed by atoms with Gasteiger partial charge in [0.15, 0.2) is 5.16 Å². The fourth-order valence-electron chi connectivity index (χ4n) is 2.67. The molecule has 20 heavy (non-hydrogen) atoms. The van der Waals surface area contributed by atoms with Crippen LogP contribution in [0.1, 0.15) is 37.1 Å². The van der Waals surface area contributed by atoms with Crippen LogP contribution in [0.4, 0.5) is 0 Å². The van der Waals surface area contributed by atoms with E-state index in [4.69, 9.17) is 5.73 Å². The van der Waals surface area contributed by atoms with Gasteiger partial charge in [0.05, 0.1) is 0 Å². The molecule has 0 radical (unpaired) electrons. The largest absolute Gasteiger partial charge is 0.344 e. The molecule has 2 unspecified atom stereocenters. The number of rotatable bonds is 3. The summed E-state index contributed by atoms with van der Waals surface area (Å²) in [5.74, 6) is 0. The highest BCUT2D eigenvalue weighted by Crippen LogP contribution is 2.39. The smallest absolute Gasteiger partial charge is 0.323 e. The number of fused-ring (bicyclic) bond motifs is 1. The van der Waals surface area contributed by atoms with Crippen molar-refractivity contribution in [3.8, 4) is 0 Å². The van der Waals surface area contributed by atoms with Gasteiger partial charge in [-0.3, -0.25) is 4.57 Å². The van der Waals surface area contributed by atoms with Crippen molar-refractivity contribution >= 4 is 11.8 Å². The Labute approximate surface area is 121 Å². The van der Waals surface area contributed by atoms with Crippen molar-refractivity contribution in [1.82, 2.24) is 14.8 Å². The van der Waals surface area contributed by atoms with E-state index in [9.17, 15) is 4.79 Å². The fourth-order valence-corrected chi connectivity index (χ4v) is 4.00. The van der Waals surface area contributed by atoms with Crippen LogP contribution in [-0.2, 0) is 6.42 Å². The lowest BCUT2D eigenvalue weighted by molar-refractivity contribution is 0.532. The Hall–Kier alpha value is -1.53. The van der Waals surface area contributed by atoms with Crippen LogP contribution in [-0.4, -0.2) is 20.0 Å². The van der Waals surface area contributed by atoms with E-state index in [0.29, 0.717) is 0 Å². The van der Waals surface area contributed by atoms with Gasteiger partial charge in [-0.15, -0.1) is 5.10 Å². The van der Waals surface area contributed by atoms with Gasteiger partial charge in [0.25, 0.3) is 0 Å². The van der Waals surface area contributed by atoms with E-state index in [1.807, 2.05) is 26.0 Å². The predicted octanol–water partition coefficient (Wildman–Crippen LogP) is 1.87. The Morgan fingerprint density at radius 2 is 2.20 bits per heavy atom. The van der Waals surface area contributed by atoms with E-state index in [0.717, 1.165) is 11.6 Å². The summed E-state index contributed by atoms with van der Waals surface area (Å²) in [4.78, 5) is 11.8. The summed E-state index contributed by atoms with van der Waals surface area (Å²) in [5, 5.41) is 7.60. The maximum atomic E-state index is 11.8. The van der Waals surface area contributed by atoms with E-state index in [-0.39, 0.29) is 23.0 Å². The van der Waals surface area contributed by atoms with Crippen LogP contribution < -0.4 is 11.4 Å². The summed E-state index contributed by atoms with van der Waals surface area (Å²) >= 11 is 1.59. The maximum absolute atomic E-state index is 11.8. The molecule has 0 bridgehead atoms. The van der Waals surface area contributed by atoms with E-state index < -0.39 is 0 Å². The van der Waals surface area contributed by atoms with Gasteiger partial charge in [-0.2, -0.15) is 0 Å². The molecule has 6 heteroatoms. The quantitative estimate of drug-likeness (QED) is 0.904. The Bertz CT molecular complexity index is 676. The molecule has 1 heterocycles. The van der Waals surface area contributed by atoms with Gasteiger partial charge in [-0.05, 0) is 31.4 Å². The van der Waals surface area contributed by atoms with Crippen LogP contribution in [0.25, 0.3) is 0 Å². The van der Waals surface area contributed by atoms with Gasteiger partial charge in [0, 0.05) is 17.3 Å². The van der Waals surface area contributed by atoms with Gasteiger partial charge < -0.3 is 5.73 Å². The first kappa shape index (κ1) is 13.5. The molecule has 2 aromatic rings. The van der Waals surface area contributed by atoms with E-state index in [2.05, 4.69) is 22.3 Å². The fraction of sp³-hybridized carbons (Fsp3) is 0.429. The van der Waals surface area contributed by atoms with Crippen LogP contribution in [0.5, 0.6) is 0 Å². The standard InChI is InChI=1S/C14H18N4OS/c1-8(2)18-13(19)16-17-14(18)20-11-7-9-5-3-4-6-10(9)12(11)15/h3-6,8,11-12H,7,15H2,1-2H3,(H,16,19). The highest BCUT2D eigenvalue weighted by Gasteiger charge is 2.31. The zero-order valence-corrected chi connectivity index (χ0v) is 12.4. The van der Waals surface area contributed by atoms with Gasteiger partial charge >= 0.3 is 5.69 Å². The van der Waals surface area contributed by atoms with Crippen molar-refractivity contribution in [3.05, 3.63) is 45.9 Å². The van der Waals surface area contributed by atoms with Crippen LogP contribution >= 0.6 is 11.8 Å². The summed E-state index contributed by atoms with van der Waals surface area (Å²) < 4.78 is 1.68. The number of nitrogens with zero attached hydrogens (tertiary/aromatic N) is 2. The van der Waals surface area contributed by atoms with E-state index >= 15 is 0 Å². The molecule has 1 aromatic carbocycles. The van der Waals surface area contributed by atoms with E-state index in [1.165, 1.54) is 11.1 Å². The molecule has 1 aliphatic rings. The first-order valence-corrected chi connectivity index (χ1v) is 7.63. The average molecular weight is 290 g/mol. The number of aromatic amines is 1. The number of nitrogens with two attached hydrogens (primary N) is 1. The topological polar surface area (TPSA) is 76.7 Å². The molecular weight excluding hydrogens is 272 g/mol. The highest BCUT2D eigenvalue weighted by atomic mass is 32.2. The lowest BCUT2D eigenvalue weighted by atomic mass is 10.1. The van der Waals surface area contributed by atoms with Crippen molar-refractivity contribution in [2.24, 2.45) is 5.73 Å². The average Bonchev–Trinajstić information content (AvgIpc) is 2.93. The minimum atomic E-state index is -0.161. The van der Waals surface area contributed by atoms with Crippen molar-refractivity contribution < 1.29 is 0 Å². The molecule has 5 nitrogen and oxygen atoms in total. The minimum absolute atomic E-state index is 0.0105. The van der Waals surface area contributed by atoms with E-state index in [1.54, 1.807) is 16.3 Å². The number of aromatic nitrogens is 3. The number of nitrogens with one attached hydrogen (secondary N) is 1. The minimum Gasteiger partial charge on any atom is -0.323 e. The van der Waals surface area contributed by atoms with Gasteiger partial charge in [-0.25, -0.2) is 9.89 Å². The van der Waals surface area contributed by atoms with Crippen LogP contribution in [0.2, 0.25) is 0 Å². The molecule has 0 fully saturated rings. The molecule has 1 aliphatic carbocycles. The van der Waals surface area contributed by atoms with Gasteiger partial charge in [0.1, 0.15) is 0 Å². The second-order valence-corrected chi connectivity index (χ2v) is 6.57. The summed E-state index contributed by atoms with van der Waals surface area (Å²) in [7, 11) is 0. The van der Waals surface area contributed by atoms with Crippen molar-refractivity contribution in [2.75, 3.05) is 0 Å². The molecule has 0 aliphatic heterocycles. The molecule has 3 N–H and O–H groups in total. The van der Waals surface area contributed by atoms with Gasteiger partial charge in [0.2, 0.25) is 0 Å². The molecule has 0 amide bonds. The summed E-state index contributed by atoms with van der Waals surface area (Å²) in [6.45, 7) is 3.95. The summed E-state index contributed by atoms with van der Waals surface area (Å²) in [6.07, 6.45) is 0.918. The third kappa shape index (κ3) is 2.19. The highest BCUT2D eigenvalue weighted by molar-refractivity contribution is 7.99. The zero-order valence-electron chi connectivity index (χ0n) is 11.5. The molecule has 0 saturated heterocycles. The molecule has 0 spiro atoms. The Balaban J connectivity index is 1.86. The lowest BCUT2D eigenvalue weighted by Crippen LogP contribution is -2.22. The first-order valence-electron chi connectivity index (χ1n) is 6.75. The Morgan fingerprint density at radius 3 is 2.90 bits per heavy atom. The maximum Gasteiger partial charge on any atom is 0.344 e. The molecule has 1 aromatic heterocycles. The SMILES string of the molecule is CC(C)n1c(SC2Cc3ccccc3C2N)n[nH]c1=O. The Morgan fingerprint density at radius 1 is 1.45 bits per heavy atom. The van der Waals surface area contributed by atoms with Crippen molar-refractivity contribution in [3.63, 3.8) is 0 Å². The third-order valence-electron chi connectivity index (χ3n) is 3.68. The first-order chi connectivity index (χ1) is 9.58. The van der Waals surface area contributed by atoms with Crippen LogP contribution in [0, 0.1) is 0 Å². The summed E-state index contributed by atoms with van der Waals surface area (Å²) in [5.41, 5.74) is 8.67. The van der Waals surface area contributed by atoms with Crippen molar-refractivity contribution in [2.45, 2.75) is 42.8 Å². The number of benzene rings is 1. The molecule has 2 atom stereocenters. The second kappa shape index (κ2) is 5.10. The Kier molecular flexibility index (Phi) is 3.43. The molecule has 106 valence electrons. The zero-order chi connectivity index (χ0) is 14.3. The normalized spacial score (nSPS) is 21.4. The van der Waals surface area contributed by atoms with Gasteiger partial charge in [-0.1, -0.05) is 36.0 Å². The summed E-state index contributed by atoms with van der Waals surface area (Å²) in [6, 6.07) is 8.34.